The predicted octanol–water partition coefficient (Wildman–Crippen LogP) is 3.24. The maximum Gasteiger partial charge on any atom is 0.407 e. The number of unbranched alkanes of at least 4 members (excludes halogenated alkanes) is 1. The summed E-state index contributed by atoms with van der Waals surface area (Å²) in [6.07, 6.45) is 2.19. The number of aromatic hydroxyl groups is 1. The lowest BCUT2D eigenvalue weighted by molar-refractivity contribution is 0.0527. The van der Waals surface area contributed by atoms with Crippen molar-refractivity contribution in [3.63, 3.8) is 0 Å². The molecule has 19 heavy (non-hydrogen) atoms. The van der Waals surface area contributed by atoms with E-state index in [1.807, 2.05) is 39.0 Å². The number of hydrogen-bond donors (Lipinski definition) is 2. The van der Waals surface area contributed by atoms with Crippen LogP contribution >= 0.6 is 0 Å². The number of alkyl carbamates (subject to hydrolysis) is 1. The highest BCUT2D eigenvalue weighted by Crippen LogP contribution is 2.17. The second kappa shape index (κ2) is 7.02. The summed E-state index contributed by atoms with van der Waals surface area (Å²) in [5.41, 5.74) is 0.486. The van der Waals surface area contributed by atoms with Crippen LogP contribution in [0.25, 0.3) is 0 Å². The lowest BCUT2D eigenvalue weighted by Crippen LogP contribution is -2.33. The molecular weight excluding hydrogens is 242 g/mol. The van der Waals surface area contributed by atoms with E-state index >= 15 is 0 Å². The molecule has 0 spiro atoms. The Balaban J connectivity index is 2.15. The fourth-order valence-electron chi connectivity index (χ4n) is 1.67. The van der Waals surface area contributed by atoms with Crippen molar-refractivity contribution in [2.45, 2.75) is 45.6 Å². The molecule has 0 aliphatic rings. The van der Waals surface area contributed by atoms with Crippen molar-refractivity contribution in [2.75, 3.05) is 6.54 Å². The van der Waals surface area contributed by atoms with Crippen LogP contribution in [0.3, 0.4) is 0 Å². The highest BCUT2D eigenvalue weighted by Gasteiger charge is 2.15. The lowest BCUT2D eigenvalue weighted by Gasteiger charge is -2.19. The number of carbonyl (C=O) groups excluding carboxylic acids is 1. The van der Waals surface area contributed by atoms with Gasteiger partial charge in [0.05, 0.1) is 0 Å². The molecule has 0 aromatic heterocycles. The molecule has 0 aliphatic carbocycles. The van der Waals surface area contributed by atoms with Gasteiger partial charge in [-0.3, -0.25) is 0 Å². The summed E-state index contributed by atoms with van der Waals surface area (Å²) in [5.74, 6) is 0.336. The highest BCUT2D eigenvalue weighted by atomic mass is 16.6. The molecule has 0 heterocycles. The van der Waals surface area contributed by atoms with Gasteiger partial charge in [0.25, 0.3) is 0 Å². The molecule has 0 atom stereocenters. The highest BCUT2D eigenvalue weighted by molar-refractivity contribution is 5.67. The number of amides is 1. The first-order chi connectivity index (χ1) is 8.88. The zero-order chi connectivity index (χ0) is 14.3. The molecule has 2 N–H and O–H groups in total. The quantitative estimate of drug-likeness (QED) is 0.803. The smallest absolute Gasteiger partial charge is 0.407 e. The molecule has 1 aromatic carbocycles. The van der Waals surface area contributed by atoms with Gasteiger partial charge in [0.15, 0.2) is 0 Å². The average Bonchev–Trinajstić information content (AvgIpc) is 2.28. The second-order valence-corrected chi connectivity index (χ2v) is 5.51. The molecule has 106 valence electrons. The maximum absolute atomic E-state index is 11.4. The number of hydrogen-bond acceptors (Lipinski definition) is 3. The molecule has 0 aliphatic heterocycles. The second-order valence-electron chi connectivity index (χ2n) is 5.51. The third-order valence-corrected chi connectivity index (χ3v) is 2.53. The minimum absolute atomic E-state index is 0.336. The summed E-state index contributed by atoms with van der Waals surface area (Å²) >= 11 is 0. The van der Waals surface area contributed by atoms with E-state index in [1.165, 1.54) is 0 Å². The number of phenolic OH excluding ortho intramolecular Hbond substituents is 1. The van der Waals surface area contributed by atoms with Crippen LogP contribution in [0.4, 0.5) is 4.79 Å². The van der Waals surface area contributed by atoms with Crippen molar-refractivity contribution in [3.05, 3.63) is 29.8 Å². The van der Waals surface area contributed by atoms with E-state index in [4.69, 9.17) is 4.74 Å². The van der Waals surface area contributed by atoms with Crippen molar-refractivity contribution in [2.24, 2.45) is 0 Å². The summed E-state index contributed by atoms with van der Waals surface area (Å²) in [6, 6.07) is 7.32. The third-order valence-electron chi connectivity index (χ3n) is 2.53. The van der Waals surface area contributed by atoms with Crippen molar-refractivity contribution in [3.8, 4) is 5.75 Å². The number of nitrogens with one attached hydrogen (secondary N) is 1. The van der Waals surface area contributed by atoms with Gasteiger partial charge >= 0.3 is 6.09 Å². The molecule has 1 amide bonds. The van der Waals surface area contributed by atoms with Gasteiger partial charge in [-0.25, -0.2) is 4.79 Å². The molecule has 1 rings (SSSR count). The van der Waals surface area contributed by atoms with Gasteiger partial charge in [0, 0.05) is 6.54 Å². The predicted molar refractivity (Wildman–Crippen MR) is 75.3 cm³/mol. The first-order valence-electron chi connectivity index (χ1n) is 6.62. The van der Waals surface area contributed by atoms with E-state index in [1.54, 1.807) is 6.07 Å². The molecule has 0 saturated carbocycles. The van der Waals surface area contributed by atoms with Crippen molar-refractivity contribution in [1.29, 1.82) is 0 Å². The number of aryl methyl sites for hydroxylation is 1. The molecule has 0 fully saturated rings. The van der Waals surface area contributed by atoms with E-state index in [9.17, 15) is 9.90 Å². The van der Waals surface area contributed by atoms with Crippen LogP contribution in [-0.2, 0) is 11.2 Å². The van der Waals surface area contributed by atoms with E-state index in [2.05, 4.69) is 5.32 Å². The summed E-state index contributed by atoms with van der Waals surface area (Å²) in [5, 5.41) is 12.3. The standard InChI is InChI=1S/C15H23NO3/c1-15(2,3)19-14(18)16-11-7-6-9-12-8-4-5-10-13(12)17/h4-5,8,10,17H,6-7,9,11H2,1-3H3,(H,16,18). The monoisotopic (exact) mass is 265 g/mol. The van der Waals surface area contributed by atoms with Gasteiger partial charge in [-0.2, -0.15) is 0 Å². The Morgan fingerprint density at radius 3 is 2.58 bits per heavy atom. The van der Waals surface area contributed by atoms with E-state index < -0.39 is 5.60 Å². The van der Waals surface area contributed by atoms with Crippen LogP contribution in [-0.4, -0.2) is 23.3 Å². The zero-order valence-corrected chi connectivity index (χ0v) is 11.9. The largest absolute Gasteiger partial charge is 0.508 e. The molecule has 1 aromatic rings. The summed E-state index contributed by atoms with van der Waals surface area (Å²) in [4.78, 5) is 11.4. The van der Waals surface area contributed by atoms with Crippen LogP contribution in [0.5, 0.6) is 5.75 Å². The summed E-state index contributed by atoms with van der Waals surface area (Å²) < 4.78 is 5.13. The Morgan fingerprint density at radius 1 is 1.26 bits per heavy atom. The normalized spacial score (nSPS) is 11.1. The zero-order valence-electron chi connectivity index (χ0n) is 11.9. The van der Waals surface area contributed by atoms with Crippen LogP contribution < -0.4 is 5.32 Å². The Kier molecular flexibility index (Phi) is 5.67. The van der Waals surface area contributed by atoms with Crippen LogP contribution in [0.2, 0.25) is 0 Å². The minimum atomic E-state index is -0.458. The Hall–Kier alpha value is -1.71. The number of benzene rings is 1. The first-order valence-corrected chi connectivity index (χ1v) is 6.62. The number of phenols is 1. The Labute approximate surface area is 114 Å². The van der Waals surface area contributed by atoms with Gasteiger partial charge < -0.3 is 15.2 Å². The van der Waals surface area contributed by atoms with Crippen LogP contribution in [0, 0.1) is 0 Å². The SMILES string of the molecule is CC(C)(C)OC(=O)NCCCCc1ccccc1O. The number of para-hydroxylation sites is 1. The number of ether oxygens (including phenoxy) is 1. The molecule has 0 saturated heterocycles. The average molecular weight is 265 g/mol. The van der Waals surface area contributed by atoms with E-state index in [0.29, 0.717) is 12.3 Å². The van der Waals surface area contributed by atoms with Crippen molar-refractivity contribution in [1.82, 2.24) is 5.32 Å². The topological polar surface area (TPSA) is 58.6 Å². The summed E-state index contributed by atoms with van der Waals surface area (Å²) in [7, 11) is 0. The van der Waals surface area contributed by atoms with Crippen LogP contribution in [0.1, 0.15) is 39.2 Å². The lowest BCUT2D eigenvalue weighted by atomic mass is 10.1. The van der Waals surface area contributed by atoms with Crippen molar-refractivity contribution < 1.29 is 14.6 Å². The molecule has 0 bridgehead atoms. The number of carbonyl (C=O) groups is 1. The molecule has 4 heteroatoms. The Morgan fingerprint density at radius 2 is 1.95 bits per heavy atom. The van der Waals surface area contributed by atoms with Crippen molar-refractivity contribution >= 4 is 6.09 Å². The third kappa shape index (κ3) is 6.70. The Bertz CT molecular complexity index is 410. The fraction of sp³-hybridized carbons (Fsp3) is 0.533. The molecular formula is C15H23NO3. The molecule has 0 radical (unpaired) electrons. The maximum atomic E-state index is 11.4. The van der Waals surface area contributed by atoms with E-state index in [-0.39, 0.29) is 6.09 Å². The minimum Gasteiger partial charge on any atom is -0.508 e. The van der Waals surface area contributed by atoms with Gasteiger partial charge in [-0.1, -0.05) is 18.2 Å². The van der Waals surface area contributed by atoms with Gasteiger partial charge in [0.1, 0.15) is 11.4 Å². The summed E-state index contributed by atoms with van der Waals surface area (Å²) in [6.45, 7) is 6.10. The molecule has 4 nitrogen and oxygen atoms in total. The van der Waals surface area contributed by atoms with Gasteiger partial charge in [0.2, 0.25) is 0 Å². The first kappa shape index (κ1) is 15.3. The van der Waals surface area contributed by atoms with E-state index in [0.717, 1.165) is 24.8 Å². The fourth-order valence-corrected chi connectivity index (χ4v) is 1.67. The van der Waals surface area contributed by atoms with Gasteiger partial charge in [-0.05, 0) is 51.7 Å². The van der Waals surface area contributed by atoms with Gasteiger partial charge in [-0.15, -0.1) is 0 Å². The van der Waals surface area contributed by atoms with Crippen LogP contribution in [0.15, 0.2) is 24.3 Å². The number of rotatable bonds is 5. The molecule has 0 unspecified atom stereocenters.